The number of alkyl halides is 3. The summed E-state index contributed by atoms with van der Waals surface area (Å²) < 4.78 is 37.3. The van der Waals surface area contributed by atoms with Gasteiger partial charge in [-0.25, -0.2) is 0 Å². The van der Waals surface area contributed by atoms with E-state index in [1.54, 1.807) is 11.0 Å². The summed E-state index contributed by atoms with van der Waals surface area (Å²) in [5, 5.41) is 0. The summed E-state index contributed by atoms with van der Waals surface area (Å²) >= 11 is 0. The third-order valence-electron chi connectivity index (χ3n) is 4.01. The van der Waals surface area contributed by atoms with Crippen LogP contribution < -0.4 is 5.73 Å². The average Bonchev–Trinajstić information content (AvgIpc) is 2.70. The van der Waals surface area contributed by atoms with E-state index in [-0.39, 0.29) is 37.3 Å². The Kier molecular flexibility index (Phi) is 10.2. The lowest BCUT2D eigenvalue weighted by Crippen LogP contribution is -2.38. The molecule has 2 rings (SSSR count). The van der Waals surface area contributed by atoms with Gasteiger partial charge in [0.05, 0.1) is 6.54 Å². The molecule has 2 N–H and O–H groups in total. The third kappa shape index (κ3) is 8.16. The highest BCUT2D eigenvalue weighted by molar-refractivity contribution is 5.85. The molecule has 1 aromatic rings. The van der Waals surface area contributed by atoms with Crippen molar-refractivity contribution in [3.05, 3.63) is 29.8 Å². The zero-order chi connectivity index (χ0) is 16.9. The summed E-state index contributed by atoms with van der Waals surface area (Å²) in [6.45, 7) is 0.583. The highest BCUT2D eigenvalue weighted by atomic mass is 35.5. The second kappa shape index (κ2) is 10.7. The van der Waals surface area contributed by atoms with E-state index in [0.717, 1.165) is 5.56 Å². The molecule has 25 heavy (non-hydrogen) atoms. The lowest BCUT2D eigenvalue weighted by atomic mass is 10.1. The van der Waals surface area contributed by atoms with Crippen molar-refractivity contribution in [1.29, 1.82) is 0 Å². The molecule has 0 radical (unpaired) electrons. The summed E-state index contributed by atoms with van der Waals surface area (Å²) in [5.41, 5.74) is 7.43. The van der Waals surface area contributed by atoms with E-state index in [2.05, 4.69) is 0 Å². The second-order valence-corrected chi connectivity index (χ2v) is 5.82. The maximum atomic E-state index is 12.4. The van der Waals surface area contributed by atoms with Gasteiger partial charge in [-0.05, 0) is 24.5 Å². The number of amides is 1. The molecule has 0 unspecified atom stereocenters. The number of aryl methyl sites for hydroxylation is 1. The molecule has 0 spiro atoms. The number of carbonyl (C=O) groups excluding carboxylic acids is 1. The Morgan fingerprint density at radius 2 is 1.76 bits per heavy atom. The Balaban J connectivity index is 0.00000288. The highest BCUT2D eigenvalue weighted by Gasteiger charge is 2.31. The Labute approximate surface area is 158 Å². The summed E-state index contributed by atoms with van der Waals surface area (Å²) in [4.78, 5) is 15.3. The van der Waals surface area contributed by atoms with Gasteiger partial charge in [0, 0.05) is 38.3 Å². The quantitative estimate of drug-likeness (QED) is 0.788. The van der Waals surface area contributed by atoms with Crippen molar-refractivity contribution in [2.24, 2.45) is 0 Å². The third-order valence-corrected chi connectivity index (χ3v) is 4.01. The van der Waals surface area contributed by atoms with Gasteiger partial charge in [-0.1, -0.05) is 18.2 Å². The van der Waals surface area contributed by atoms with Gasteiger partial charge in [-0.15, -0.1) is 24.8 Å². The molecule has 1 saturated heterocycles. The first-order valence-corrected chi connectivity index (χ1v) is 7.75. The fourth-order valence-electron chi connectivity index (χ4n) is 2.79. The molecule has 1 amide bonds. The standard InChI is InChI=1S/C16H22F3N3O.2ClH/c17-16(18,19)12-21-8-3-9-22(11-10-21)15(23)7-6-13-4-1-2-5-14(13)20;;/h1-2,4-5H,3,6-12,20H2;2*1H. The van der Waals surface area contributed by atoms with E-state index in [4.69, 9.17) is 5.73 Å². The normalized spacial score (nSPS) is 15.7. The predicted octanol–water partition coefficient (Wildman–Crippen LogP) is 3.14. The molecule has 144 valence electrons. The Bertz CT molecular complexity index is 544. The molecule has 0 aromatic heterocycles. The summed E-state index contributed by atoms with van der Waals surface area (Å²) in [6.07, 6.45) is -2.75. The predicted molar refractivity (Wildman–Crippen MR) is 97.4 cm³/mol. The van der Waals surface area contributed by atoms with Gasteiger partial charge in [0.2, 0.25) is 5.91 Å². The summed E-state index contributed by atoms with van der Waals surface area (Å²) in [7, 11) is 0. The summed E-state index contributed by atoms with van der Waals surface area (Å²) in [5.74, 6) is -0.0258. The molecule has 1 aliphatic rings. The molecular formula is C16H24Cl2F3N3O. The first-order chi connectivity index (χ1) is 10.8. The van der Waals surface area contributed by atoms with E-state index >= 15 is 0 Å². The van der Waals surface area contributed by atoms with Crippen molar-refractivity contribution in [1.82, 2.24) is 9.80 Å². The average molecular weight is 402 g/mol. The Hall–Kier alpha value is -1.18. The number of carbonyl (C=O) groups is 1. The SMILES string of the molecule is Cl.Cl.Nc1ccccc1CCC(=O)N1CCCN(CC(F)(F)F)CC1. The number of nitrogens with two attached hydrogens (primary N) is 1. The molecule has 0 atom stereocenters. The van der Waals surface area contributed by atoms with Crippen molar-refractivity contribution in [2.75, 3.05) is 38.5 Å². The smallest absolute Gasteiger partial charge is 0.399 e. The molecular weight excluding hydrogens is 378 g/mol. The molecule has 1 heterocycles. The number of benzene rings is 1. The molecule has 1 aromatic carbocycles. The molecule has 0 saturated carbocycles. The van der Waals surface area contributed by atoms with Crippen LogP contribution in [-0.2, 0) is 11.2 Å². The second-order valence-electron chi connectivity index (χ2n) is 5.82. The summed E-state index contributed by atoms with van der Waals surface area (Å²) in [6, 6.07) is 7.39. The Morgan fingerprint density at radius 3 is 2.40 bits per heavy atom. The lowest BCUT2D eigenvalue weighted by Gasteiger charge is -2.23. The maximum absolute atomic E-state index is 12.4. The topological polar surface area (TPSA) is 49.6 Å². The van der Waals surface area contributed by atoms with Crippen LogP contribution in [-0.4, -0.2) is 54.6 Å². The largest absolute Gasteiger partial charge is 0.401 e. The van der Waals surface area contributed by atoms with Gasteiger partial charge in [0.1, 0.15) is 0 Å². The number of nitrogen functional groups attached to an aromatic ring is 1. The van der Waals surface area contributed by atoms with Crippen LogP contribution in [0.15, 0.2) is 24.3 Å². The minimum absolute atomic E-state index is 0. The van der Waals surface area contributed by atoms with Crippen LogP contribution in [0.2, 0.25) is 0 Å². The molecule has 1 fully saturated rings. The van der Waals surface area contributed by atoms with Gasteiger partial charge < -0.3 is 10.6 Å². The van der Waals surface area contributed by atoms with Crippen LogP contribution in [0, 0.1) is 0 Å². The van der Waals surface area contributed by atoms with Crippen LogP contribution in [0.1, 0.15) is 18.4 Å². The highest BCUT2D eigenvalue weighted by Crippen LogP contribution is 2.18. The van der Waals surface area contributed by atoms with Crippen molar-refractivity contribution in [3.8, 4) is 0 Å². The molecule has 0 bridgehead atoms. The van der Waals surface area contributed by atoms with Gasteiger partial charge in [-0.3, -0.25) is 9.69 Å². The zero-order valence-electron chi connectivity index (χ0n) is 13.8. The van der Waals surface area contributed by atoms with Gasteiger partial charge in [-0.2, -0.15) is 13.2 Å². The first kappa shape index (κ1) is 23.8. The van der Waals surface area contributed by atoms with Gasteiger partial charge in [0.15, 0.2) is 0 Å². The van der Waals surface area contributed by atoms with Crippen LogP contribution in [0.25, 0.3) is 0 Å². The van der Waals surface area contributed by atoms with E-state index in [0.29, 0.717) is 44.6 Å². The van der Waals surface area contributed by atoms with E-state index in [9.17, 15) is 18.0 Å². The molecule has 9 heteroatoms. The monoisotopic (exact) mass is 401 g/mol. The lowest BCUT2D eigenvalue weighted by molar-refractivity contribution is -0.145. The van der Waals surface area contributed by atoms with Crippen LogP contribution in [0.4, 0.5) is 18.9 Å². The first-order valence-electron chi connectivity index (χ1n) is 7.75. The molecule has 0 aliphatic carbocycles. The number of para-hydroxylation sites is 1. The van der Waals surface area contributed by atoms with Crippen molar-refractivity contribution < 1.29 is 18.0 Å². The van der Waals surface area contributed by atoms with Crippen LogP contribution in [0.3, 0.4) is 0 Å². The number of nitrogens with zero attached hydrogens (tertiary/aromatic N) is 2. The van der Waals surface area contributed by atoms with E-state index in [1.165, 1.54) is 4.90 Å². The Morgan fingerprint density at radius 1 is 1.08 bits per heavy atom. The van der Waals surface area contributed by atoms with Crippen molar-refractivity contribution >= 4 is 36.4 Å². The maximum Gasteiger partial charge on any atom is 0.401 e. The number of hydrogen-bond donors (Lipinski definition) is 1. The fourth-order valence-corrected chi connectivity index (χ4v) is 2.79. The minimum Gasteiger partial charge on any atom is -0.399 e. The number of rotatable bonds is 4. The van der Waals surface area contributed by atoms with Crippen molar-refractivity contribution in [3.63, 3.8) is 0 Å². The molecule has 1 aliphatic heterocycles. The number of hydrogen-bond acceptors (Lipinski definition) is 3. The minimum atomic E-state index is -4.19. The number of halogens is 5. The van der Waals surface area contributed by atoms with Crippen molar-refractivity contribution in [2.45, 2.75) is 25.4 Å². The van der Waals surface area contributed by atoms with E-state index in [1.807, 2.05) is 18.2 Å². The molecule has 4 nitrogen and oxygen atoms in total. The van der Waals surface area contributed by atoms with Gasteiger partial charge >= 0.3 is 6.18 Å². The van der Waals surface area contributed by atoms with E-state index < -0.39 is 12.7 Å². The fraction of sp³-hybridized carbons (Fsp3) is 0.562. The van der Waals surface area contributed by atoms with Gasteiger partial charge in [0.25, 0.3) is 0 Å². The van der Waals surface area contributed by atoms with Crippen LogP contribution in [0.5, 0.6) is 0 Å². The van der Waals surface area contributed by atoms with Crippen LogP contribution >= 0.6 is 24.8 Å². The number of anilines is 1. The zero-order valence-corrected chi connectivity index (χ0v) is 15.4.